The molecule has 0 radical (unpaired) electrons. The number of hydrogen-bond donors (Lipinski definition) is 2. The van der Waals surface area contributed by atoms with Gasteiger partial charge in [0.25, 0.3) is 0 Å². The molecule has 2 N–H and O–H groups in total. The van der Waals surface area contributed by atoms with Gasteiger partial charge in [0.2, 0.25) is 5.95 Å². The number of nitrogens with one attached hydrogen (secondary N) is 2. The molecule has 0 saturated carbocycles. The third kappa shape index (κ3) is 4.09. The number of anilines is 2. The second kappa shape index (κ2) is 8.36. The van der Waals surface area contributed by atoms with Crippen LogP contribution in [-0.4, -0.2) is 50.9 Å². The molecule has 1 saturated heterocycles. The minimum atomic E-state index is -0.455. The predicted molar refractivity (Wildman–Crippen MR) is 108 cm³/mol. The molecule has 150 valence electrons. The Morgan fingerprint density at radius 1 is 1.24 bits per heavy atom. The Morgan fingerprint density at radius 3 is 2.86 bits per heavy atom. The lowest BCUT2D eigenvalue weighted by molar-refractivity contribution is 0.0601. The van der Waals surface area contributed by atoms with E-state index in [1.807, 2.05) is 17.8 Å². The zero-order chi connectivity index (χ0) is 20.2. The highest BCUT2D eigenvalue weighted by molar-refractivity contribution is 5.95. The zero-order valence-corrected chi connectivity index (χ0v) is 16.4. The number of piperidine rings is 1. The van der Waals surface area contributed by atoms with Gasteiger partial charge in [-0.1, -0.05) is 0 Å². The molecule has 0 aliphatic carbocycles. The van der Waals surface area contributed by atoms with Gasteiger partial charge in [-0.3, -0.25) is 9.67 Å². The summed E-state index contributed by atoms with van der Waals surface area (Å²) >= 11 is 0. The lowest BCUT2D eigenvalue weighted by Gasteiger charge is -2.22. The third-order valence-corrected chi connectivity index (χ3v) is 4.95. The monoisotopic (exact) mass is 393 g/mol. The predicted octanol–water partition coefficient (Wildman–Crippen LogP) is 2.50. The molecule has 9 nitrogen and oxygen atoms in total. The summed E-state index contributed by atoms with van der Waals surface area (Å²) in [5, 5.41) is 11.0. The first kappa shape index (κ1) is 19.0. The molecule has 0 atom stereocenters. The van der Waals surface area contributed by atoms with Crippen molar-refractivity contribution in [3.63, 3.8) is 0 Å². The van der Waals surface area contributed by atoms with E-state index in [0.717, 1.165) is 37.2 Å². The van der Waals surface area contributed by atoms with E-state index in [1.165, 1.54) is 7.11 Å². The summed E-state index contributed by atoms with van der Waals surface area (Å²) in [5.74, 6) is -0.0409. The van der Waals surface area contributed by atoms with E-state index in [0.29, 0.717) is 28.9 Å². The zero-order valence-electron chi connectivity index (χ0n) is 16.4. The summed E-state index contributed by atoms with van der Waals surface area (Å²) in [4.78, 5) is 25.4. The van der Waals surface area contributed by atoms with Crippen LogP contribution in [0.1, 0.15) is 34.8 Å². The summed E-state index contributed by atoms with van der Waals surface area (Å²) in [7, 11) is 1.35. The first-order valence-corrected chi connectivity index (χ1v) is 9.55. The lowest BCUT2D eigenvalue weighted by atomic mass is 10.1. The first-order valence-electron chi connectivity index (χ1n) is 9.55. The molecule has 1 aliphatic rings. The van der Waals surface area contributed by atoms with Gasteiger partial charge in [0.1, 0.15) is 5.69 Å². The Bertz CT molecular complexity index is 1010. The highest BCUT2D eigenvalue weighted by Crippen LogP contribution is 2.25. The fourth-order valence-corrected chi connectivity index (χ4v) is 3.41. The quantitative estimate of drug-likeness (QED) is 0.637. The summed E-state index contributed by atoms with van der Waals surface area (Å²) in [6, 6.07) is 3.77. The molecule has 1 aliphatic heterocycles. The van der Waals surface area contributed by atoms with Crippen molar-refractivity contribution in [1.82, 2.24) is 30.0 Å². The van der Waals surface area contributed by atoms with Crippen LogP contribution in [0, 0.1) is 6.92 Å². The van der Waals surface area contributed by atoms with Crippen LogP contribution >= 0.6 is 0 Å². The minimum absolute atomic E-state index is 0.362. The first-order chi connectivity index (χ1) is 14.2. The summed E-state index contributed by atoms with van der Waals surface area (Å²) in [5.41, 5.74) is 3.03. The van der Waals surface area contributed by atoms with Crippen molar-refractivity contribution in [3.05, 3.63) is 48.0 Å². The van der Waals surface area contributed by atoms with Crippen molar-refractivity contribution in [1.29, 1.82) is 0 Å². The highest BCUT2D eigenvalue weighted by atomic mass is 16.5. The van der Waals surface area contributed by atoms with Crippen LogP contribution < -0.4 is 10.6 Å². The smallest absolute Gasteiger partial charge is 0.340 e. The average molecular weight is 393 g/mol. The van der Waals surface area contributed by atoms with Crippen molar-refractivity contribution >= 4 is 17.6 Å². The number of esters is 1. The number of nitrogens with zero attached hydrogens (tertiary/aromatic N) is 5. The van der Waals surface area contributed by atoms with Gasteiger partial charge in [-0.2, -0.15) is 5.10 Å². The molecule has 0 bridgehead atoms. The Kier molecular flexibility index (Phi) is 5.48. The van der Waals surface area contributed by atoms with Gasteiger partial charge in [0, 0.05) is 18.6 Å². The summed E-state index contributed by atoms with van der Waals surface area (Å²) in [6.07, 6.45) is 9.19. The SMILES string of the molecule is COC(=O)c1cccnc1-c1nc(Nc2cnn(C3CCNCC3)c2)ncc1C. The number of carbonyl (C=O) groups is 1. The minimum Gasteiger partial charge on any atom is -0.465 e. The molecule has 0 amide bonds. The number of carbonyl (C=O) groups excluding carboxylic acids is 1. The van der Waals surface area contributed by atoms with Crippen molar-refractivity contribution < 1.29 is 9.53 Å². The molecule has 0 unspecified atom stereocenters. The van der Waals surface area contributed by atoms with Crippen LogP contribution in [0.5, 0.6) is 0 Å². The number of methoxy groups -OCH3 is 1. The number of rotatable bonds is 5. The second-order valence-electron chi connectivity index (χ2n) is 6.93. The van der Waals surface area contributed by atoms with Gasteiger partial charge in [-0.15, -0.1) is 0 Å². The van der Waals surface area contributed by atoms with Crippen LogP contribution in [-0.2, 0) is 4.74 Å². The van der Waals surface area contributed by atoms with Gasteiger partial charge in [0.05, 0.1) is 36.3 Å². The van der Waals surface area contributed by atoms with Gasteiger partial charge < -0.3 is 15.4 Å². The Morgan fingerprint density at radius 2 is 2.07 bits per heavy atom. The second-order valence-corrected chi connectivity index (χ2v) is 6.93. The maximum absolute atomic E-state index is 12.1. The van der Waals surface area contributed by atoms with Gasteiger partial charge in [0.15, 0.2) is 0 Å². The maximum Gasteiger partial charge on any atom is 0.340 e. The Balaban J connectivity index is 1.60. The van der Waals surface area contributed by atoms with Crippen LogP contribution in [0.2, 0.25) is 0 Å². The Hall–Kier alpha value is -3.33. The number of hydrogen-bond acceptors (Lipinski definition) is 8. The fraction of sp³-hybridized carbons (Fsp3) is 0.350. The van der Waals surface area contributed by atoms with E-state index in [1.54, 1.807) is 30.7 Å². The molecule has 9 heteroatoms. The normalized spacial score (nSPS) is 14.6. The van der Waals surface area contributed by atoms with Crippen molar-refractivity contribution in [2.75, 3.05) is 25.5 Å². The standard InChI is InChI=1S/C20H23N7O2/c1-13-10-23-20(25-14-11-24-27(12-14)15-5-8-21-9-6-15)26-17(13)18-16(19(28)29-2)4-3-7-22-18/h3-4,7,10-12,15,21H,5-6,8-9H2,1-2H3,(H,23,25,26). The molecule has 1 fully saturated rings. The molecule has 0 aromatic carbocycles. The van der Waals surface area contributed by atoms with Crippen molar-refractivity contribution in [2.45, 2.75) is 25.8 Å². The van der Waals surface area contributed by atoms with Crippen LogP contribution in [0.3, 0.4) is 0 Å². The van der Waals surface area contributed by atoms with E-state index in [-0.39, 0.29) is 0 Å². The summed E-state index contributed by atoms with van der Waals surface area (Å²) < 4.78 is 6.86. The van der Waals surface area contributed by atoms with E-state index in [4.69, 9.17) is 4.74 Å². The van der Waals surface area contributed by atoms with Crippen LogP contribution in [0.15, 0.2) is 36.9 Å². The van der Waals surface area contributed by atoms with Crippen LogP contribution in [0.25, 0.3) is 11.4 Å². The third-order valence-electron chi connectivity index (χ3n) is 4.95. The van der Waals surface area contributed by atoms with E-state index in [9.17, 15) is 4.79 Å². The molecule has 3 aromatic rings. The van der Waals surface area contributed by atoms with E-state index >= 15 is 0 Å². The maximum atomic E-state index is 12.1. The number of pyridine rings is 1. The Labute approximate surface area is 168 Å². The van der Waals surface area contributed by atoms with Crippen molar-refractivity contribution in [3.8, 4) is 11.4 Å². The highest BCUT2D eigenvalue weighted by Gasteiger charge is 2.19. The van der Waals surface area contributed by atoms with E-state index in [2.05, 4.69) is 30.7 Å². The molecule has 0 spiro atoms. The number of aromatic nitrogens is 5. The van der Waals surface area contributed by atoms with Gasteiger partial charge in [-0.25, -0.2) is 14.8 Å². The van der Waals surface area contributed by atoms with E-state index < -0.39 is 5.97 Å². The fourth-order valence-electron chi connectivity index (χ4n) is 3.41. The molecule has 4 rings (SSSR count). The number of aryl methyl sites for hydroxylation is 1. The van der Waals surface area contributed by atoms with Gasteiger partial charge in [-0.05, 0) is 50.6 Å². The number of ether oxygens (including phenoxy) is 1. The molecular weight excluding hydrogens is 370 g/mol. The van der Waals surface area contributed by atoms with Gasteiger partial charge >= 0.3 is 5.97 Å². The molecule has 29 heavy (non-hydrogen) atoms. The molecule has 3 aromatic heterocycles. The van der Waals surface area contributed by atoms with Crippen LogP contribution in [0.4, 0.5) is 11.6 Å². The summed E-state index contributed by atoms with van der Waals surface area (Å²) in [6.45, 7) is 3.89. The molecular formula is C20H23N7O2. The van der Waals surface area contributed by atoms with Crippen molar-refractivity contribution in [2.24, 2.45) is 0 Å². The molecule has 4 heterocycles. The largest absolute Gasteiger partial charge is 0.465 e. The lowest BCUT2D eigenvalue weighted by Crippen LogP contribution is -2.29. The topological polar surface area (TPSA) is 107 Å². The average Bonchev–Trinajstić information content (AvgIpc) is 3.24.